The van der Waals surface area contributed by atoms with E-state index in [0.717, 1.165) is 0 Å². The molecule has 2 rings (SSSR count). The lowest BCUT2D eigenvalue weighted by Crippen LogP contribution is -2.26. The number of aromatic nitrogens is 4. The molecule has 0 radical (unpaired) electrons. The predicted molar refractivity (Wildman–Crippen MR) is 88.5 cm³/mol. The number of hydrogen-bond acceptors (Lipinski definition) is 5. The Balaban J connectivity index is 1.96. The molecule has 0 bridgehead atoms. The molecule has 2 aromatic rings. The summed E-state index contributed by atoms with van der Waals surface area (Å²) in [4.78, 5) is 22.6. The monoisotopic (exact) mass is 374 g/mol. The normalized spacial score (nSPS) is 10.9. The van der Waals surface area contributed by atoms with Crippen LogP contribution in [0.4, 0.5) is 5.69 Å². The second-order valence-electron chi connectivity index (χ2n) is 5.19. The van der Waals surface area contributed by atoms with Crippen molar-refractivity contribution in [2.24, 2.45) is 7.05 Å². The van der Waals surface area contributed by atoms with E-state index in [1.807, 2.05) is 0 Å². The first-order chi connectivity index (χ1) is 11.2. The molecule has 0 atom stereocenters. The molecule has 2 aromatic heterocycles. The fourth-order valence-corrected chi connectivity index (χ4v) is 2.56. The van der Waals surface area contributed by atoms with Crippen molar-refractivity contribution in [2.75, 3.05) is 6.54 Å². The number of halogens is 2. The summed E-state index contributed by atoms with van der Waals surface area (Å²) in [5, 5.41) is 22.5. The molecular weight excluding hydrogens is 359 g/mol. The van der Waals surface area contributed by atoms with Gasteiger partial charge in [0.15, 0.2) is 0 Å². The first-order valence-corrected chi connectivity index (χ1v) is 7.84. The maximum absolute atomic E-state index is 12.1. The molecule has 1 N–H and O–H groups in total. The highest BCUT2D eigenvalue weighted by atomic mass is 35.5. The Morgan fingerprint density at radius 3 is 2.54 bits per heavy atom. The summed E-state index contributed by atoms with van der Waals surface area (Å²) in [5.74, 6) is -0.592. The minimum Gasteiger partial charge on any atom is -0.350 e. The van der Waals surface area contributed by atoms with E-state index in [-0.39, 0.29) is 11.4 Å². The molecule has 9 nitrogen and oxygen atoms in total. The third-order valence-corrected chi connectivity index (χ3v) is 4.46. The molecule has 0 fully saturated rings. The van der Waals surface area contributed by atoms with Gasteiger partial charge in [-0.2, -0.15) is 10.2 Å². The molecule has 0 unspecified atom stereocenters. The van der Waals surface area contributed by atoms with Crippen LogP contribution in [0, 0.1) is 24.0 Å². The van der Waals surface area contributed by atoms with Crippen molar-refractivity contribution in [1.29, 1.82) is 0 Å². The van der Waals surface area contributed by atoms with E-state index in [2.05, 4.69) is 15.5 Å². The molecule has 130 valence electrons. The molecule has 0 saturated heterocycles. The third kappa shape index (κ3) is 3.51. The molecule has 1 amide bonds. The van der Waals surface area contributed by atoms with Crippen molar-refractivity contribution in [3.63, 3.8) is 0 Å². The number of aryl methyl sites for hydroxylation is 3. The lowest BCUT2D eigenvalue weighted by molar-refractivity contribution is -0.385. The van der Waals surface area contributed by atoms with Crippen molar-refractivity contribution in [1.82, 2.24) is 24.9 Å². The number of nitrogens with zero attached hydrogens (tertiary/aromatic N) is 5. The minimum atomic E-state index is -0.606. The summed E-state index contributed by atoms with van der Waals surface area (Å²) >= 11 is 12.0. The molecule has 0 aromatic carbocycles. The highest BCUT2D eigenvalue weighted by Gasteiger charge is 2.28. The Morgan fingerprint density at radius 1 is 1.33 bits per heavy atom. The van der Waals surface area contributed by atoms with E-state index >= 15 is 0 Å². The zero-order valence-corrected chi connectivity index (χ0v) is 14.8. The first-order valence-electron chi connectivity index (χ1n) is 7.08. The Hall–Kier alpha value is -2.13. The van der Waals surface area contributed by atoms with E-state index in [9.17, 15) is 14.9 Å². The van der Waals surface area contributed by atoms with E-state index in [1.54, 1.807) is 18.7 Å². The molecule has 11 heteroatoms. The maximum Gasteiger partial charge on any atom is 0.322 e. The van der Waals surface area contributed by atoms with Crippen LogP contribution in [0.2, 0.25) is 10.2 Å². The number of amides is 1. The predicted octanol–water partition coefficient (Wildman–Crippen LogP) is 2.27. The Kier molecular flexibility index (Phi) is 5.45. The second-order valence-corrected chi connectivity index (χ2v) is 5.92. The lowest BCUT2D eigenvalue weighted by atomic mass is 10.3. The average molecular weight is 375 g/mol. The highest BCUT2D eigenvalue weighted by molar-refractivity contribution is 6.41. The molecule has 0 aliphatic carbocycles. The number of nitrogens with one attached hydrogen (secondary N) is 1. The summed E-state index contributed by atoms with van der Waals surface area (Å²) in [5.41, 5.74) is 0.465. The zero-order valence-electron chi connectivity index (χ0n) is 13.3. The van der Waals surface area contributed by atoms with E-state index in [0.29, 0.717) is 41.1 Å². The van der Waals surface area contributed by atoms with Gasteiger partial charge in [-0.25, -0.2) is 0 Å². The summed E-state index contributed by atoms with van der Waals surface area (Å²) in [6.07, 6.45) is 0.530. The summed E-state index contributed by atoms with van der Waals surface area (Å²) in [7, 11) is 1.55. The highest BCUT2D eigenvalue weighted by Crippen LogP contribution is 2.25. The Bertz CT molecular complexity index is 798. The van der Waals surface area contributed by atoms with Crippen molar-refractivity contribution >= 4 is 34.8 Å². The van der Waals surface area contributed by atoms with Gasteiger partial charge in [0.2, 0.25) is 5.69 Å². The van der Waals surface area contributed by atoms with Gasteiger partial charge < -0.3 is 5.32 Å². The van der Waals surface area contributed by atoms with Gasteiger partial charge in [0.1, 0.15) is 15.9 Å². The lowest BCUT2D eigenvalue weighted by Gasteiger charge is -2.05. The van der Waals surface area contributed by atoms with Crippen molar-refractivity contribution in [2.45, 2.75) is 26.8 Å². The van der Waals surface area contributed by atoms with Crippen molar-refractivity contribution in [3.05, 3.63) is 37.4 Å². The second kappa shape index (κ2) is 7.18. The van der Waals surface area contributed by atoms with Crippen LogP contribution in [0.1, 0.15) is 28.3 Å². The van der Waals surface area contributed by atoms with Crippen LogP contribution in [-0.2, 0) is 13.6 Å². The Labute approximate surface area is 147 Å². The number of nitro groups is 1. The van der Waals surface area contributed by atoms with Gasteiger partial charge in [0, 0.05) is 20.1 Å². The van der Waals surface area contributed by atoms with Gasteiger partial charge >= 0.3 is 5.69 Å². The summed E-state index contributed by atoms with van der Waals surface area (Å²) < 4.78 is 2.85. The summed E-state index contributed by atoms with van der Waals surface area (Å²) in [6.45, 7) is 4.03. The first kappa shape index (κ1) is 18.2. The van der Waals surface area contributed by atoms with Gasteiger partial charge in [-0.05, 0) is 20.3 Å². The van der Waals surface area contributed by atoms with Crippen LogP contribution in [0.3, 0.4) is 0 Å². The SMILES string of the molecule is Cc1nn(CCCNC(=O)c2nn(C)c(C)c2[N+](=O)[O-])c(Cl)c1Cl. The van der Waals surface area contributed by atoms with E-state index in [4.69, 9.17) is 23.2 Å². The van der Waals surface area contributed by atoms with Crippen LogP contribution in [0.25, 0.3) is 0 Å². The van der Waals surface area contributed by atoms with Gasteiger partial charge in [-0.3, -0.25) is 24.3 Å². The van der Waals surface area contributed by atoms with Crippen molar-refractivity contribution < 1.29 is 9.72 Å². The van der Waals surface area contributed by atoms with E-state index < -0.39 is 10.8 Å². The van der Waals surface area contributed by atoms with Gasteiger partial charge in [-0.15, -0.1) is 0 Å². The number of rotatable bonds is 6. The topological polar surface area (TPSA) is 108 Å². The molecule has 0 aliphatic rings. The number of carbonyl (C=O) groups excluding carboxylic acids is 1. The quantitative estimate of drug-likeness (QED) is 0.473. The molecule has 0 saturated carbocycles. The summed E-state index contributed by atoms with van der Waals surface area (Å²) in [6, 6.07) is 0. The molecule has 0 spiro atoms. The van der Waals surface area contributed by atoms with Crippen LogP contribution in [0.15, 0.2) is 0 Å². The largest absolute Gasteiger partial charge is 0.350 e. The number of hydrogen-bond donors (Lipinski definition) is 1. The van der Waals surface area contributed by atoms with Gasteiger partial charge in [-0.1, -0.05) is 23.2 Å². The fourth-order valence-electron chi connectivity index (χ4n) is 2.16. The zero-order chi connectivity index (χ0) is 18.0. The van der Waals surface area contributed by atoms with Gasteiger partial charge in [0.05, 0.1) is 10.6 Å². The molecular formula is C13H16Cl2N6O3. The molecule has 0 aliphatic heterocycles. The molecule has 24 heavy (non-hydrogen) atoms. The van der Waals surface area contributed by atoms with Gasteiger partial charge in [0.25, 0.3) is 5.91 Å². The van der Waals surface area contributed by atoms with E-state index in [1.165, 1.54) is 11.6 Å². The van der Waals surface area contributed by atoms with Crippen LogP contribution < -0.4 is 5.32 Å². The minimum absolute atomic E-state index is 0.198. The fraction of sp³-hybridized carbons (Fsp3) is 0.462. The van der Waals surface area contributed by atoms with Crippen LogP contribution in [-0.4, -0.2) is 36.9 Å². The molecule has 2 heterocycles. The Morgan fingerprint density at radius 2 is 2.00 bits per heavy atom. The van der Waals surface area contributed by atoms with Crippen LogP contribution in [0.5, 0.6) is 0 Å². The third-order valence-electron chi connectivity index (χ3n) is 3.53. The number of carbonyl (C=O) groups is 1. The van der Waals surface area contributed by atoms with Crippen LogP contribution >= 0.6 is 23.2 Å². The van der Waals surface area contributed by atoms with Crippen molar-refractivity contribution in [3.8, 4) is 0 Å². The average Bonchev–Trinajstić information content (AvgIpc) is 2.95. The smallest absolute Gasteiger partial charge is 0.322 e. The standard InChI is InChI=1S/C13H16Cl2N6O3/c1-7-9(14)12(15)20(17-7)6-4-5-16-13(22)10-11(21(23)24)8(2)19(3)18-10/h4-6H2,1-3H3,(H,16,22). The maximum atomic E-state index is 12.1.